The van der Waals surface area contributed by atoms with Gasteiger partial charge in [-0.3, -0.25) is 9.59 Å². The van der Waals surface area contributed by atoms with E-state index in [1.165, 1.54) is 4.80 Å². The zero-order valence-electron chi connectivity index (χ0n) is 19.7. The minimum absolute atomic E-state index is 0.205. The maximum absolute atomic E-state index is 13.0. The van der Waals surface area contributed by atoms with Crippen LogP contribution in [0.15, 0.2) is 54.9 Å². The minimum Gasteiger partial charge on any atom is -0.489 e. The lowest BCUT2D eigenvalue weighted by atomic mass is 10.0. The molecule has 1 aliphatic carbocycles. The predicted molar refractivity (Wildman–Crippen MR) is 133 cm³/mol. The smallest absolute Gasteiger partial charge is 0.292 e. The summed E-state index contributed by atoms with van der Waals surface area (Å²) < 4.78 is 5.79. The molecule has 1 aromatic heterocycles. The van der Waals surface area contributed by atoms with Gasteiger partial charge in [0.1, 0.15) is 11.9 Å². The number of hydrogen-bond donors (Lipinski definition) is 2. The molecule has 10 heteroatoms. The third kappa shape index (κ3) is 5.75. The number of likely N-dealkylation sites (tertiary alicyclic amines) is 1. The van der Waals surface area contributed by atoms with Gasteiger partial charge in [-0.15, -0.1) is 0 Å². The molecule has 3 aromatic rings. The highest BCUT2D eigenvalue weighted by atomic mass is 35.5. The van der Waals surface area contributed by atoms with Crippen LogP contribution in [0.4, 0.5) is 0 Å². The van der Waals surface area contributed by atoms with E-state index in [-0.39, 0.29) is 11.7 Å². The van der Waals surface area contributed by atoms with Crippen LogP contribution in [0.5, 0.6) is 5.75 Å². The summed E-state index contributed by atoms with van der Waals surface area (Å²) in [5, 5.41) is 22.5. The van der Waals surface area contributed by atoms with E-state index in [0.717, 1.165) is 38.8 Å². The van der Waals surface area contributed by atoms with Gasteiger partial charge in [0.2, 0.25) is 5.78 Å². The van der Waals surface area contributed by atoms with Crippen LogP contribution >= 0.6 is 11.6 Å². The molecule has 36 heavy (non-hydrogen) atoms. The number of halogens is 1. The van der Waals surface area contributed by atoms with Gasteiger partial charge in [0.15, 0.2) is 0 Å². The molecule has 0 spiro atoms. The molecule has 1 aliphatic heterocycles. The lowest BCUT2D eigenvalue weighted by Crippen LogP contribution is -2.48. The zero-order valence-corrected chi connectivity index (χ0v) is 20.5. The van der Waals surface area contributed by atoms with Crippen LogP contribution in [0, 0.1) is 0 Å². The molecule has 2 aliphatic rings. The first-order chi connectivity index (χ1) is 17.5. The summed E-state index contributed by atoms with van der Waals surface area (Å²) in [4.78, 5) is 29.5. The van der Waals surface area contributed by atoms with E-state index in [2.05, 4.69) is 20.4 Å². The van der Waals surface area contributed by atoms with Crippen LogP contribution in [-0.2, 0) is 4.79 Å². The van der Waals surface area contributed by atoms with E-state index in [1.54, 1.807) is 54.9 Å². The molecule has 0 unspecified atom stereocenters. The minimum atomic E-state index is -1.05. The van der Waals surface area contributed by atoms with Crippen LogP contribution in [0.2, 0.25) is 5.02 Å². The average molecular weight is 510 g/mol. The summed E-state index contributed by atoms with van der Waals surface area (Å²) in [6.07, 6.45) is 6.42. The van der Waals surface area contributed by atoms with Crippen molar-refractivity contribution < 1.29 is 19.4 Å². The summed E-state index contributed by atoms with van der Waals surface area (Å²) in [5.74, 6) is -0.873. The number of carbonyl (C=O) groups is 2. The Kier molecular flexibility index (Phi) is 7.31. The summed E-state index contributed by atoms with van der Waals surface area (Å²) in [6.45, 7) is 2.18. The van der Waals surface area contributed by atoms with Gasteiger partial charge in [0, 0.05) is 12.1 Å². The topological polar surface area (TPSA) is 110 Å². The van der Waals surface area contributed by atoms with Gasteiger partial charge in [-0.2, -0.15) is 15.0 Å². The molecular formula is C26H28ClN5O4. The van der Waals surface area contributed by atoms with Crippen LogP contribution < -0.4 is 10.1 Å². The first kappa shape index (κ1) is 24.4. The Labute approximate surface area is 214 Å². The quantitative estimate of drug-likeness (QED) is 0.319. The maximum Gasteiger partial charge on any atom is 0.292 e. The molecule has 2 N–H and O–H groups in total. The SMILES string of the molecule is O=C(N[C@H](CN1CCCC1)[C@H](O)c1ccc(OC2CC2)c(Cl)c1)C(=O)c1ccc(-n2nccn2)cc1. The molecule has 9 nitrogen and oxygen atoms in total. The van der Waals surface area contributed by atoms with Gasteiger partial charge in [-0.25, -0.2) is 0 Å². The highest BCUT2D eigenvalue weighted by molar-refractivity contribution is 6.42. The van der Waals surface area contributed by atoms with Crippen molar-refractivity contribution in [1.82, 2.24) is 25.2 Å². The highest BCUT2D eigenvalue weighted by Gasteiger charge is 2.30. The molecule has 1 amide bonds. The van der Waals surface area contributed by atoms with Gasteiger partial charge in [-0.05, 0) is 80.7 Å². The number of rotatable bonds is 10. The fourth-order valence-corrected chi connectivity index (χ4v) is 4.56. The number of amides is 1. The third-order valence-electron chi connectivity index (χ3n) is 6.45. The van der Waals surface area contributed by atoms with Crippen molar-refractivity contribution in [3.63, 3.8) is 0 Å². The number of Topliss-reactive ketones (excluding diaryl/α,β-unsaturated/α-hetero) is 1. The lowest BCUT2D eigenvalue weighted by Gasteiger charge is -2.28. The van der Waals surface area contributed by atoms with Gasteiger partial charge in [-0.1, -0.05) is 17.7 Å². The second-order valence-corrected chi connectivity index (χ2v) is 9.64. The van der Waals surface area contributed by atoms with E-state index in [1.807, 2.05) is 0 Å². The molecule has 0 radical (unpaired) electrons. The van der Waals surface area contributed by atoms with Gasteiger partial charge in [0.25, 0.3) is 5.91 Å². The number of aliphatic hydroxyl groups is 1. The summed E-state index contributed by atoms with van der Waals surface area (Å²) in [5.41, 5.74) is 1.46. The maximum atomic E-state index is 13.0. The van der Waals surface area contributed by atoms with Crippen LogP contribution in [0.1, 0.15) is 47.7 Å². The van der Waals surface area contributed by atoms with E-state index in [0.29, 0.717) is 28.6 Å². The van der Waals surface area contributed by atoms with E-state index in [9.17, 15) is 14.7 Å². The fraction of sp³-hybridized carbons (Fsp3) is 0.385. The Balaban J connectivity index is 1.30. The molecule has 2 heterocycles. The van der Waals surface area contributed by atoms with Gasteiger partial charge >= 0.3 is 0 Å². The predicted octanol–water partition coefficient (Wildman–Crippen LogP) is 2.96. The fourth-order valence-electron chi connectivity index (χ4n) is 4.32. The second kappa shape index (κ2) is 10.8. The Bertz CT molecular complexity index is 1210. The van der Waals surface area contributed by atoms with Crippen LogP contribution in [-0.4, -0.2) is 68.5 Å². The molecule has 1 saturated carbocycles. The molecule has 5 rings (SSSR count). The Hall–Kier alpha value is -3.27. The first-order valence-electron chi connectivity index (χ1n) is 12.2. The number of ether oxygens (including phenoxy) is 1. The van der Waals surface area contributed by atoms with Crippen molar-refractivity contribution in [3.8, 4) is 11.4 Å². The normalized spacial score (nSPS) is 17.5. The highest BCUT2D eigenvalue weighted by Crippen LogP contribution is 2.34. The summed E-state index contributed by atoms with van der Waals surface area (Å²) in [7, 11) is 0. The number of benzene rings is 2. The molecule has 188 valence electrons. The number of aromatic nitrogens is 3. The van der Waals surface area contributed by atoms with Crippen molar-refractivity contribution in [2.24, 2.45) is 0 Å². The van der Waals surface area contributed by atoms with Crippen molar-refractivity contribution in [1.29, 1.82) is 0 Å². The lowest BCUT2D eigenvalue weighted by molar-refractivity contribution is -0.118. The van der Waals surface area contributed by atoms with Crippen LogP contribution in [0.25, 0.3) is 5.69 Å². The largest absolute Gasteiger partial charge is 0.489 e. The molecular weight excluding hydrogens is 482 g/mol. The van der Waals surface area contributed by atoms with Crippen molar-refractivity contribution in [3.05, 3.63) is 71.0 Å². The number of nitrogens with one attached hydrogen (secondary N) is 1. The standard InChI is InChI=1S/C26H28ClN5O4/c27-21-15-18(5-10-23(21)36-20-8-9-20)24(33)22(16-31-13-1-2-14-31)30-26(35)25(34)17-3-6-19(7-4-17)32-28-11-12-29-32/h3-7,10-12,15,20,22,24,33H,1-2,8-9,13-14,16H2,(H,30,35)/t22-,24-/m1/s1. The van der Waals surface area contributed by atoms with E-state index in [4.69, 9.17) is 16.3 Å². The Morgan fingerprint density at radius 1 is 1.08 bits per heavy atom. The number of nitrogens with zero attached hydrogens (tertiary/aromatic N) is 4. The summed E-state index contributed by atoms with van der Waals surface area (Å²) >= 11 is 6.41. The third-order valence-corrected chi connectivity index (χ3v) is 6.75. The molecule has 2 aromatic carbocycles. The van der Waals surface area contributed by atoms with E-state index < -0.39 is 23.8 Å². The second-order valence-electron chi connectivity index (χ2n) is 9.23. The Morgan fingerprint density at radius 2 is 1.78 bits per heavy atom. The number of aliphatic hydroxyl groups excluding tert-OH is 1. The molecule has 0 bridgehead atoms. The summed E-state index contributed by atoms with van der Waals surface area (Å²) in [6, 6.07) is 10.9. The number of hydrogen-bond acceptors (Lipinski definition) is 7. The first-order valence-corrected chi connectivity index (χ1v) is 12.5. The van der Waals surface area contributed by atoms with Gasteiger partial charge < -0.3 is 20.1 Å². The molecule has 2 fully saturated rings. The van der Waals surface area contributed by atoms with Crippen LogP contribution in [0.3, 0.4) is 0 Å². The van der Waals surface area contributed by atoms with Crippen molar-refractivity contribution >= 4 is 23.3 Å². The molecule has 2 atom stereocenters. The average Bonchev–Trinajstić information content (AvgIpc) is 3.31. The van der Waals surface area contributed by atoms with E-state index >= 15 is 0 Å². The molecule has 1 saturated heterocycles. The zero-order chi connectivity index (χ0) is 25.1. The monoisotopic (exact) mass is 509 g/mol. The Morgan fingerprint density at radius 3 is 2.42 bits per heavy atom. The number of ketones is 1. The number of carbonyl (C=O) groups excluding carboxylic acids is 2. The van der Waals surface area contributed by atoms with Crippen molar-refractivity contribution in [2.75, 3.05) is 19.6 Å². The van der Waals surface area contributed by atoms with Crippen molar-refractivity contribution in [2.45, 2.75) is 43.9 Å². The van der Waals surface area contributed by atoms with Gasteiger partial charge in [0.05, 0.1) is 35.2 Å².